The van der Waals surface area contributed by atoms with Crippen LogP contribution in [0.25, 0.3) is 0 Å². The predicted molar refractivity (Wildman–Crippen MR) is 104 cm³/mol. The van der Waals surface area contributed by atoms with Crippen molar-refractivity contribution in [2.45, 2.75) is 31.5 Å². The maximum Gasteiger partial charge on any atom is 0.255 e. The number of hydrogen-bond acceptors (Lipinski definition) is 6. The van der Waals surface area contributed by atoms with Crippen LogP contribution >= 0.6 is 12.4 Å². The molecule has 1 aromatic carbocycles. The smallest absolute Gasteiger partial charge is 0.255 e. The van der Waals surface area contributed by atoms with Gasteiger partial charge >= 0.3 is 0 Å². The Balaban J connectivity index is 0.00000192. The number of imide groups is 1. The summed E-state index contributed by atoms with van der Waals surface area (Å²) in [7, 11) is 1.49. The van der Waals surface area contributed by atoms with Crippen molar-refractivity contribution >= 4 is 35.8 Å². The lowest BCUT2D eigenvalue weighted by molar-refractivity contribution is -0.150. The van der Waals surface area contributed by atoms with Crippen LogP contribution in [0, 0.1) is 0 Å². The Bertz CT molecular complexity index is 861. The van der Waals surface area contributed by atoms with Crippen LogP contribution in [0.2, 0.25) is 0 Å². The number of halogens is 1. The molecule has 4 aliphatic rings. The summed E-state index contributed by atoms with van der Waals surface area (Å²) in [4.78, 5) is 42.4. The molecule has 0 spiro atoms. The first-order valence-electron chi connectivity index (χ1n) is 9.43. The molecule has 150 valence electrons. The van der Waals surface area contributed by atoms with E-state index in [-0.39, 0.29) is 36.5 Å². The molecule has 9 heteroatoms. The molecule has 1 aromatic rings. The van der Waals surface area contributed by atoms with Gasteiger partial charge in [-0.25, -0.2) is 0 Å². The molecule has 8 nitrogen and oxygen atoms in total. The van der Waals surface area contributed by atoms with Crippen LogP contribution in [-0.2, 0) is 16.1 Å². The highest BCUT2D eigenvalue weighted by Gasteiger charge is 2.43. The van der Waals surface area contributed by atoms with Crippen LogP contribution in [0.3, 0.4) is 0 Å². The number of likely N-dealkylation sites (tertiary alicyclic amines) is 1. The first-order chi connectivity index (χ1) is 13.1. The van der Waals surface area contributed by atoms with Gasteiger partial charge in [0.15, 0.2) is 0 Å². The van der Waals surface area contributed by atoms with E-state index in [2.05, 4.69) is 10.2 Å². The molecule has 0 unspecified atom stereocenters. The zero-order valence-electron chi connectivity index (χ0n) is 15.6. The number of piperidine rings is 1. The fourth-order valence-electron chi connectivity index (χ4n) is 4.60. The molecule has 4 aliphatic heterocycles. The van der Waals surface area contributed by atoms with E-state index in [0.717, 1.165) is 41.5 Å². The largest absolute Gasteiger partial charge is 0.489 e. The van der Waals surface area contributed by atoms with Crippen LogP contribution in [0.15, 0.2) is 12.1 Å². The normalized spacial score (nSPS) is 26.3. The van der Waals surface area contributed by atoms with Gasteiger partial charge in [0.25, 0.3) is 11.8 Å². The highest BCUT2D eigenvalue weighted by Crippen LogP contribution is 2.43. The summed E-state index contributed by atoms with van der Waals surface area (Å²) < 4.78 is 6.07. The molecule has 2 atom stereocenters. The lowest BCUT2D eigenvalue weighted by Gasteiger charge is -2.42. The summed E-state index contributed by atoms with van der Waals surface area (Å²) in [5.74, 6) is 0.129. The van der Waals surface area contributed by atoms with Crippen molar-refractivity contribution in [2.24, 2.45) is 0 Å². The zero-order valence-corrected chi connectivity index (χ0v) is 16.5. The van der Waals surface area contributed by atoms with Gasteiger partial charge in [-0.05, 0) is 18.6 Å². The summed E-state index contributed by atoms with van der Waals surface area (Å²) in [5, 5.41) is 3.38. The fraction of sp³-hybridized carbons (Fsp3) is 0.526. The topological polar surface area (TPSA) is 82.2 Å². The summed E-state index contributed by atoms with van der Waals surface area (Å²) >= 11 is 0. The first-order valence-corrected chi connectivity index (χ1v) is 9.43. The molecule has 3 amide bonds. The second-order valence-corrected chi connectivity index (χ2v) is 7.58. The molecule has 2 saturated heterocycles. The Hall–Kier alpha value is -2.32. The third-order valence-electron chi connectivity index (χ3n) is 6.14. The average molecular weight is 407 g/mol. The first kappa shape index (κ1) is 19.0. The van der Waals surface area contributed by atoms with Crippen LogP contribution < -0.4 is 15.0 Å². The lowest BCUT2D eigenvalue weighted by Crippen LogP contribution is -2.55. The number of nitrogens with one attached hydrogen (secondary N) is 1. The second-order valence-electron chi connectivity index (χ2n) is 7.58. The van der Waals surface area contributed by atoms with Gasteiger partial charge in [-0.15, -0.1) is 12.4 Å². The van der Waals surface area contributed by atoms with Crippen molar-refractivity contribution in [1.29, 1.82) is 0 Å². The van der Waals surface area contributed by atoms with E-state index in [1.807, 2.05) is 12.1 Å². The van der Waals surface area contributed by atoms with Gasteiger partial charge in [0.1, 0.15) is 18.4 Å². The SMILES string of the molecule is CN1C(=O)CC[C@H](N2Cc3c(ccc4c3OC[C@H]3CNCCN43)C2=O)C1=O.Cl. The monoisotopic (exact) mass is 406 g/mol. The minimum absolute atomic E-state index is 0. The third kappa shape index (κ3) is 2.66. The molecule has 2 fully saturated rings. The zero-order chi connectivity index (χ0) is 18.7. The van der Waals surface area contributed by atoms with Gasteiger partial charge in [-0.3, -0.25) is 19.3 Å². The molecule has 28 heavy (non-hydrogen) atoms. The number of piperazine rings is 1. The number of amides is 3. The third-order valence-corrected chi connectivity index (χ3v) is 6.14. The van der Waals surface area contributed by atoms with E-state index in [1.54, 1.807) is 4.90 Å². The van der Waals surface area contributed by atoms with Crippen molar-refractivity contribution in [3.63, 3.8) is 0 Å². The van der Waals surface area contributed by atoms with Crippen LogP contribution in [0.4, 0.5) is 5.69 Å². The molecular formula is C19H23ClN4O4. The van der Waals surface area contributed by atoms with Crippen LogP contribution in [-0.4, -0.2) is 72.9 Å². The van der Waals surface area contributed by atoms with Gasteiger partial charge < -0.3 is 19.9 Å². The van der Waals surface area contributed by atoms with E-state index in [1.165, 1.54) is 7.05 Å². The minimum atomic E-state index is -0.584. The Kier molecular flexibility index (Phi) is 4.71. The van der Waals surface area contributed by atoms with Gasteiger partial charge in [-0.2, -0.15) is 0 Å². The standard InChI is InChI=1S/C19H22N4O4.ClH/c1-21-16(24)5-4-15(19(21)26)23-9-13-12(18(23)25)2-3-14-17(13)27-10-11-8-20-6-7-22(11)14;/h2-3,11,15,20H,4-10H2,1H3;1H/t11-,15+;/m1./s1. The van der Waals surface area contributed by atoms with Gasteiger partial charge in [0.05, 0.1) is 18.3 Å². The molecule has 1 N–H and O–H groups in total. The van der Waals surface area contributed by atoms with Crippen molar-refractivity contribution < 1.29 is 19.1 Å². The van der Waals surface area contributed by atoms with Crippen molar-refractivity contribution in [3.8, 4) is 5.75 Å². The molecule has 0 saturated carbocycles. The number of carbonyl (C=O) groups is 3. The Morgan fingerprint density at radius 1 is 1.18 bits per heavy atom. The number of benzene rings is 1. The summed E-state index contributed by atoms with van der Waals surface area (Å²) in [5.41, 5.74) is 2.50. The Morgan fingerprint density at radius 2 is 2.00 bits per heavy atom. The van der Waals surface area contributed by atoms with E-state index in [4.69, 9.17) is 4.74 Å². The lowest BCUT2D eigenvalue weighted by atomic mass is 10.0. The molecule has 4 heterocycles. The van der Waals surface area contributed by atoms with E-state index < -0.39 is 6.04 Å². The van der Waals surface area contributed by atoms with Crippen LogP contribution in [0.1, 0.15) is 28.8 Å². The predicted octanol–water partition coefficient (Wildman–Crippen LogP) is 0.382. The second kappa shape index (κ2) is 6.93. The molecule has 0 aromatic heterocycles. The van der Waals surface area contributed by atoms with Crippen molar-refractivity contribution in [3.05, 3.63) is 23.3 Å². The Labute approximate surface area is 169 Å². The van der Waals surface area contributed by atoms with E-state index in [0.29, 0.717) is 31.2 Å². The minimum Gasteiger partial charge on any atom is -0.489 e. The molecule has 0 bridgehead atoms. The molecule has 0 radical (unpaired) electrons. The molecule has 0 aliphatic carbocycles. The number of rotatable bonds is 1. The summed E-state index contributed by atoms with van der Waals surface area (Å²) in [6.07, 6.45) is 0.661. The number of ether oxygens (including phenoxy) is 1. The number of likely N-dealkylation sites (N-methyl/N-ethyl adjacent to an activating group) is 1. The quantitative estimate of drug-likeness (QED) is 0.679. The van der Waals surface area contributed by atoms with E-state index >= 15 is 0 Å². The Morgan fingerprint density at radius 3 is 2.82 bits per heavy atom. The van der Waals surface area contributed by atoms with Gasteiger partial charge in [-0.1, -0.05) is 0 Å². The van der Waals surface area contributed by atoms with Crippen molar-refractivity contribution in [2.75, 3.05) is 38.2 Å². The number of hydrogen-bond donors (Lipinski definition) is 1. The van der Waals surface area contributed by atoms with E-state index in [9.17, 15) is 14.4 Å². The summed E-state index contributed by atoms with van der Waals surface area (Å²) in [6, 6.07) is 3.54. The number of carbonyl (C=O) groups excluding carboxylic acids is 3. The number of fused-ring (bicyclic) bond motifs is 5. The number of anilines is 1. The van der Waals surface area contributed by atoms with Gasteiger partial charge in [0, 0.05) is 44.2 Å². The maximum absolute atomic E-state index is 13.0. The molecule has 5 rings (SSSR count). The average Bonchev–Trinajstić information content (AvgIpc) is 3.03. The highest BCUT2D eigenvalue weighted by molar-refractivity contribution is 6.06. The fourth-order valence-corrected chi connectivity index (χ4v) is 4.60. The molecular weight excluding hydrogens is 384 g/mol. The highest BCUT2D eigenvalue weighted by atomic mass is 35.5. The van der Waals surface area contributed by atoms with Gasteiger partial charge in [0.2, 0.25) is 5.91 Å². The van der Waals surface area contributed by atoms with Crippen LogP contribution in [0.5, 0.6) is 5.75 Å². The maximum atomic E-state index is 13.0. The summed E-state index contributed by atoms with van der Waals surface area (Å²) in [6.45, 7) is 3.66. The van der Waals surface area contributed by atoms with Crippen molar-refractivity contribution in [1.82, 2.24) is 15.1 Å². The number of nitrogens with zero attached hydrogens (tertiary/aromatic N) is 3.